The van der Waals surface area contributed by atoms with E-state index in [2.05, 4.69) is 23.5 Å². The molecule has 0 radical (unpaired) electrons. The van der Waals surface area contributed by atoms with Crippen LogP contribution in [0.15, 0.2) is 53.4 Å². The molecule has 0 aliphatic rings. The lowest BCUT2D eigenvalue weighted by atomic mass is 10.2. The van der Waals surface area contributed by atoms with E-state index >= 15 is 0 Å². The first-order chi connectivity index (χ1) is 10.3. The van der Waals surface area contributed by atoms with E-state index in [0.717, 1.165) is 22.9 Å². The van der Waals surface area contributed by atoms with Crippen molar-refractivity contribution in [3.63, 3.8) is 0 Å². The predicted molar refractivity (Wildman–Crippen MR) is 88.4 cm³/mol. The Hall–Kier alpha value is -1.65. The Labute approximate surface area is 130 Å². The molecule has 0 spiro atoms. The molecule has 0 saturated heterocycles. The summed E-state index contributed by atoms with van der Waals surface area (Å²) in [6, 6.07) is 16.1. The van der Waals surface area contributed by atoms with Crippen molar-refractivity contribution in [1.82, 2.24) is 5.32 Å². The van der Waals surface area contributed by atoms with Crippen LogP contribution in [-0.4, -0.2) is 26.5 Å². The fraction of sp³-hybridized carbons (Fsp3) is 0.294. The summed E-state index contributed by atoms with van der Waals surface area (Å²) < 4.78 is 11.4. The van der Waals surface area contributed by atoms with Crippen LogP contribution in [0.3, 0.4) is 0 Å². The third-order valence-electron chi connectivity index (χ3n) is 2.98. The maximum absolute atomic E-state index is 5.76. The number of thioether (sulfide) groups is 1. The number of ether oxygens (including phenoxy) is 2. The van der Waals surface area contributed by atoms with Crippen LogP contribution in [0.5, 0.6) is 11.5 Å². The van der Waals surface area contributed by atoms with Crippen LogP contribution in [0, 0.1) is 0 Å². The molecular formula is C17H21NO2S. The van der Waals surface area contributed by atoms with Gasteiger partial charge < -0.3 is 14.8 Å². The molecule has 2 rings (SSSR count). The normalized spacial score (nSPS) is 10.4. The van der Waals surface area contributed by atoms with Gasteiger partial charge in [-0.05, 0) is 43.1 Å². The molecule has 3 nitrogen and oxygen atoms in total. The van der Waals surface area contributed by atoms with Gasteiger partial charge in [0, 0.05) is 11.4 Å². The molecule has 0 heterocycles. The van der Waals surface area contributed by atoms with E-state index in [1.165, 1.54) is 5.56 Å². The molecule has 0 amide bonds. The van der Waals surface area contributed by atoms with Gasteiger partial charge in [0.05, 0.1) is 0 Å². The summed E-state index contributed by atoms with van der Waals surface area (Å²) in [7, 11) is 1.94. The largest absolute Gasteiger partial charge is 0.490 e. The molecule has 0 fully saturated rings. The van der Waals surface area contributed by atoms with Crippen molar-refractivity contribution < 1.29 is 9.47 Å². The number of para-hydroxylation sites is 1. The van der Waals surface area contributed by atoms with Crippen LogP contribution in [0.4, 0.5) is 0 Å². The van der Waals surface area contributed by atoms with Gasteiger partial charge >= 0.3 is 0 Å². The smallest absolute Gasteiger partial charge is 0.133 e. The van der Waals surface area contributed by atoms with E-state index in [0.29, 0.717) is 13.2 Å². The van der Waals surface area contributed by atoms with Gasteiger partial charge in [0.2, 0.25) is 0 Å². The lowest BCUT2D eigenvalue weighted by Gasteiger charge is -2.11. The summed E-state index contributed by atoms with van der Waals surface area (Å²) in [5.41, 5.74) is 1.25. The molecular weight excluding hydrogens is 282 g/mol. The minimum atomic E-state index is 0.536. The van der Waals surface area contributed by atoms with Crippen molar-refractivity contribution in [3.05, 3.63) is 54.1 Å². The topological polar surface area (TPSA) is 30.5 Å². The van der Waals surface area contributed by atoms with Crippen LogP contribution < -0.4 is 14.8 Å². The quantitative estimate of drug-likeness (QED) is 0.596. The molecule has 112 valence electrons. The van der Waals surface area contributed by atoms with Gasteiger partial charge in [-0.3, -0.25) is 0 Å². The molecule has 0 aliphatic carbocycles. The molecule has 0 atom stereocenters. The van der Waals surface area contributed by atoms with Gasteiger partial charge in [0.25, 0.3) is 0 Å². The Morgan fingerprint density at radius 2 is 1.67 bits per heavy atom. The van der Waals surface area contributed by atoms with Crippen molar-refractivity contribution >= 4 is 11.8 Å². The molecule has 0 unspecified atom stereocenters. The number of rotatable bonds is 8. The zero-order valence-corrected chi connectivity index (χ0v) is 13.3. The first kappa shape index (κ1) is 15.7. The first-order valence-electron chi connectivity index (χ1n) is 6.95. The van der Waals surface area contributed by atoms with Crippen LogP contribution in [0.2, 0.25) is 0 Å². The summed E-state index contributed by atoms with van der Waals surface area (Å²) in [5.74, 6) is 1.79. The Bertz CT molecular complexity index is 543. The van der Waals surface area contributed by atoms with Gasteiger partial charge in [-0.15, -0.1) is 11.8 Å². The first-order valence-corrected chi connectivity index (χ1v) is 8.18. The van der Waals surface area contributed by atoms with E-state index in [4.69, 9.17) is 9.47 Å². The minimum absolute atomic E-state index is 0.536. The molecule has 0 bridgehead atoms. The second-order valence-electron chi connectivity index (χ2n) is 4.52. The molecule has 2 aromatic carbocycles. The summed E-state index contributed by atoms with van der Waals surface area (Å²) in [5, 5.41) is 3.12. The van der Waals surface area contributed by atoms with E-state index in [1.54, 1.807) is 11.8 Å². The Morgan fingerprint density at radius 3 is 2.38 bits per heavy atom. The van der Waals surface area contributed by atoms with Gasteiger partial charge in [-0.25, -0.2) is 0 Å². The number of hydrogen-bond donors (Lipinski definition) is 1. The van der Waals surface area contributed by atoms with Gasteiger partial charge in [0.15, 0.2) is 0 Å². The van der Waals surface area contributed by atoms with E-state index < -0.39 is 0 Å². The molecule has 0 saturated carbocycles. The van der Waals surface area contributed by atoms with Crippen molar-refractivity contribution in [2.75, 3.05) is 26.5 Å². The Morgan fingerprint density at radius 1 is 0.952 bits per heavy atom. The molecule has 1 N–H and O–H groups in total. The highest BCUT2D eigenvalue weighted by Gasteiger charge is 2.01. The van der Waals surface area contributed by atoms with Crippen LogP contribution >= 0.6 is 11.8 Å². The maximum atomic E-state index is 5.76. The molecule has 0 aromatic heterocycles. The predicted octanol–water partition coefficient (Wildman–Crippen LogP) is 3.59. The Kier molecular flexibility index (Phi) is 6.44. The number of benzene rings is 2. The maximum Gasteiger partial charge on any atom is 0.133 e. The third kappa shape index (κ3) is 4.99. The summed E-state index contributed by atoms with van der Waals surface area (Å²) in [6.45, 7) is 1.94. The summed E-state index contributed by atoms with van der Waals surface area (Å²) in [4.78, 5) is 1.15. The standard InChI is InChI=1S/C17H21NO2S/c1-18-13-14-7-9-15(10-8-14)19-11-12-20-16-5-3-4-6-17(16)21-2/h3-10,18H,11-13H2,1-2H3. The van der Waals surface area contributed by atoms with Gasteiger partial charge in [-0.1, -0.05) is 24.3 Å². The second kappa shape index (κ2) is 8.60. The zero-order chi connectivity index (χ0) is 14.9. The highest BCUT2D eigenvalue weighted by molar-refractivity contribution is 7.98. The molecule has 21 heavy (non-hydrogen) atoms. The molecule has 0 aliphatic heterocycles. The van der Waals surface area contributed by atoms with Crippen molar-refractivity contribution in [2.24, 2.45) is 0 Å². The van der Waals surface area contributed by atoms with Crippen molar-refractivity contribution in [2.45, 2.75) is 11.4 Å². The lowest BCUT2D eigenvalue weighted by molar-refractivity contribution is 0.214. The van der Waals surface area contributed by atoms with Gasteiger partial charge in [-0.2, -0.15) is 0 Å². The molecule has 4 heteroatoms. The Balaban J connectivity index is 1.76. The zero-order valence-electron chi connectivity index (χ0n) is 12.5. The average molecular weight is 303 g/mol. The summed E-state index contributed by atoms with van der Waals surface area (Å²) >= 11 is 1.68. The van der Waals surface area contributed by atoms with Crippen LogP contribution in [-0.2, 0) is 6.54 Å². The second-order valence-corrected chi connectivity index (χ2v) is 5.37. The third-order valence-corrected chi connectivity index (χ3v) is 3.76. The average Bonchev–Trinajstić information content (AvgIpc) is 2.54. The number of nitrogens with one attached hydrogen (secondary N) is 1. The minimum Gasteiger partial charge on any atom is -0.490 e. The number of hydrogen-bond acceptors (Lipinski definition) is 4. The SMILES string of the molecule is CNCc1ccc(OCCOc2ccccc2SC)cc1. The van der Waals surface area contributed by atoms with Gasteiger partial charge in [0.1, 0.15) is 24.7 Å². The fourth-order valence-electron chi connectivity index (χ4n) is 1.96. The van der Waals surface area contributed by atoms with Crippen LogP contribution in [0.1, 0.15) is 5.56 Å². The van der Waals surface area contributed by atoms with E-state index in [-0.39, 0.29) is 0 Å². The lowest BCUT2D eigenvalue weighted by Crippen LogP contribution is -2.09. The van der Waals surface area contributed by atoms with E-state index in [1.807, 2.05) is 43.6 Å². The monoisotopic (exact) mass is 303 g/mol. The molecule has 2 aromatic rings. The fourth-order valence-corrected chi connectivity index (χ4v) is 2.50. The summed E-state index contributed by atoms with van der Waals surface area (Å²) in [6.07, 6.45) is 2.05. The van der Waals surface area contributed by atoms with E-state index in [9.17, 15) is 0 Å². The highest BCUT2D eigenvalue weighted by Crippen LogP contribution is 2.26. The van der Waals surface area contributed by atoms with Crippen molar-refractivity contribution in [1.29, 1.82) is 0 Å². The van der Waals surface area contributed by atoms with Crippen LogP contribution in [0.25, 0.3) is 0 Å². The van der Waals surface area contributed by atoms with Crippen molar-refractivity contribution in [3.8, 4) is 11.5 Å². The highest BCUT2D eigenvalue weighted by atomic mass is 32.2.